The molecule has 0 unspecified atom stereocenters. The third kappa shape index (κ3) is 7.73. The van der Waals surface area contributed by atoms with Crippen molar-refractivity contribution in [1.82, 2.24) is 8.80 Å². The van der Waals surface area contributed by atoms with E-state index < -0.39 is 0 Å². The summed E-state index contributed by atoms with van der Waals surface area (Å²) in [6.45, 7) is 23.9. The van der Waals surface area contributed by atoms with E-state index in [4.69, 9.17) is 0 Å². The Kier molecular flexibility index (Phi) is 11.7. The lowest BCUT2D eigenvalue weighted by atomic mass is 9.82. The molecule has 0 atom stereocenters. The molecule has 2 aliphatic carbocycles. The van der Waals surface area contributed by atoms with Crippen LogP contribution in [0.25, 0.3) is 121 Å². The highest BCUT2D eigenvalue weighted by Gasteiger charge is 2.39. The summed E-state index contributed by atoms with van der Waals surface area (Å²) in [7, 11) is 0. The predicted octanol–water partition coefficient (Wildman–Crippen LogP) is 25.5. The van der Waals surface area contributed by atoms with E-state index >= 15 is 0 Å². The number of aromatic nitrogens is 2. The predicted molar refractivity (Wildman–Crippen MR) is 409 cm³/mol. The first-order chi connectivity index (χ1) is 46.5. The molecule has 4 nitrogen and oxygen atoms in total. The second-order valence-corrected chi connectivity index (χ2v) is 30.4. The first-order valence-corrected chi connectivity index (χ1v) is 34.3. The normalized spacial score (nSPS) is 14.1. The molecule has 0 aliphatic heterocycles. The lowest BCUT2D eigenvalue weighted by Gasteiger charge is -2.30. The molecular formula is C92H74N4. The van der Waals surface area contributed by atoms with Crippen LogP contribution in [0.15, 0.2) is 267 Å². The van der Waals surface area contributed by atoms with Gasteiger partial charge >= 0.3 is 0 Å². The fraction of sp³-hybridized carbons (Fsp3) is 0.152. The van der Waals surface area contributed by atoms with Gasteiger partial charge in [-0.1, -0.05) is 275 Å². The molecule has 2 aliphatic rings. The van der Waals surface area contributed by atoms with E-state index in [2.05, 4.69) is 355 Å². The molecule has 0 saturated heterocycles. The fourth-order valence-electron chi connectivity index (χ4n) is 17.8. The minimum atomic E-state index is -0.195. The average molecular weight is 1240 g/mol. The maximum atomic E-state index is 2.68. The average Bonchev–Trinajstić information content (AvgIpc) is 1.51. The van der Waals surface area contributed by atoms with E-state index in [1.807, 2.05) is 0 Å². The highest BCUT2D eigenvalue weighted by atomic mass is 15.2. The van der Waals surface area contributed by atoms with Crippen molar-refractivity contribution in [1.29, 1.82) is 0 Å². The number of fused-ring (bicyclic) bond motifs is 18. The molecule has 0 N–H and O–H groups in total. The minimum absolute atomic E-state index is 0.181. The van der Waals surface area contributed by atoms with Gasteiger partial charge in [-0.05, 0) is 138 Å². The van der Waals surface area contributed by atoms with Gasteiger partial charge in [0.05, 0.1) is 55.8 Å². The van der Waals surface area contributed by atoms with Gasteiger partial charge in [-0.3, -0.25) is 0 Å². The molecule has 96 heavy (non-hydrogen) atoms. The van der Waals surface area contributed by atoms with Gasteiger partial charge in [-0.15, -0.1) is 0 Å². The van der Waals surface area contributed by atoms with Crippen LogP contribution in [0.2, 0.25) is 0 Å². The Labute approximate surface area is 561 Å². The summed E-state index contributed by atoms with van der Waals surface area (Å²) in [5.74, 6) is 0. The number of anilines is 6. The smallest absolute Gasteiger partial charge is 0.0641 e. The fourth-order valence-corrected chi connectivity index (χ4v) is 17.8. The third-order valence-electron chi connectivity index (χ3n) is 22.2. The van der Waals surface area contributed by atoms with Crippen molar-refractivity contribution in [3.05, 3.63) is 300 Å². The molecule has 13 aromatic carbocycles. The molecule has 0 radical (unpaired) electrons. The zero-order valence-electron chi connectivity index (χ0n) is 56.2. The Balaban J connectivity index is 0.913. The summed E-state index contributed by atoms with van der Waals surface area (Å²) in [6.07, 6.45) is 0. The Morgan fingerprint density at radius 1 is 0.271 bits per heavy atom. The van der Waals surface area contributed by atoms with Crippen molar-refractivity contribution in [3.8, 4) is 44.5 Å². The second kappa shape index (κ2) is 19.8. The molecule has 0 spiro atoms. The van der Waals surface area contributed by atoms with Gasteiger partial charge in [-0.2, -0.15) is 0 Å². The Morgan fingerprint density at radius 3 is 1.04 bits per heavy atom. The van der Waals surface area contributed by atoms with Gasteiger partial charge in [-0.25, -0.2) is 0 Å². The largest absolute Gasteiger partial charge is 0.309 e. The first-order valence-electron chi connectivity index (χ1n) is 34.3. The van der Waals surface area contributed by atoms with E-state index in [-0.39, 0.29) is 21.7 Å². The van der Waals surface area contributed by atoms with Crippen LogP contribution in [0.1, 0.15) is 103 Å². The summed E-state index contributed by atoms with van der Waals surface area (Å²) in [4.78, 5) is 5.18. The SMILES string of the molecule is CC(C)(C)c1cccc2c3c(N(c4ccc5c(c4)C(C)(C)c4ccccc4-5)c4ccccc4-c4ccccc4)ccc4c5cc6c(cc5n(c12)c43)c1ccc(N(c2ccc3c(c2)C(C)(C)c2ccccc2-3)c2ccccc2-c2ccccc2)c2c3cccc(C(C)(C)C)c3n6c12. The Morgan fingerprint density at radius 2 is 0.635 bits per heavy atom. The molecule has 4 aromatic heterocycles. The van der Waals surface area contributed by atoms with Crippen LogP contribution < -0.4 is 9.80 Å². The molecule has 462 valence electrons. The lowest BCUT2D eigenvalue weighted by Crippen LogP contribution is -2.17. The van der Waals surface area contributed by atoms with Gasteiger partial charge in [0, 0.05) is 76.4 Å². The van der Waals surface area contributed by atoms with Crippen LogP contribution in [0, 0.1) is 0 Å². The summed E-state index contributed by atoms with van der Waals surface area (Å²) >= 11 is 0. The quantitative estimate of drug-likeness (QED) is 0.151. The highest BCUT2D eigenvalue weighted by molar-refractivity contribution is 6.33. The van der Waals surface area contributed by atoms with Gasteiger partial charge in [0.15, 0.2) is 0 Å². The number of nitrogens with zero attached hydrogens (tertiary/aromatic N) is 4. The van der Waals surface area contributed by atoms with Crippen LogP contribution in [-0.2, 0) is 21.7 Å². The van der Waals surface area contributed by atoms with Crippen LogP contribution >= 0.6 is 0 Å². The number of hydrogen-bond acceptors (Lipinski definition) is 2. The highest BCUT2D eigenvalue weighted by Crippen LogP contribution is 2.58. The van der Waals surface area contributed by atoms with E-state index in [1.54, 1.807) is 0 Å². The van der Waals surface area contributed by atoms with Crippen molar-refractivity contribution in [2.24, 2.45) is 0 Å². The van der Waals surface area contributed by atoms with Crippen molar-refractivity contribution >= 4 is 110 Å². The van der Waals surface area contributed by atoms with E-state index in [0.29, 0.717) is 0 Å². The van der Waals surface area contributed by atoms with Crippen LogP contribution in [0.3, 0.4) is 0 Å². The monoisotopic (exact) mass is 1230 g/mol. The molecule has 0 saturated carbocycles. The Bertz CT molecular complexity index is 5720. The molecule has 4 heterocycles. The topological polar surface area (TPSA) is 15.3 Å². The lowest BCUT2D eigenvalue weighted by molar-refractivity contribution is 0.594. The van der Waals surface area contributed by atoms with E-state index in [0.717, 1.165) is 34.1 Å². The molecule has 0 amide bonds. The summed E-state index contributed by atoms with van der Waals surface area (Å²) in [5.41, 5.74) is 31.6. The zero-order chi connectivity index (χ0) is 65.1. The maximum Gasteiger partial charge on any atom is 0.0641 e. The standard InChI is InChI=1S/C92H74N4/c1-89(2,3)73-39-25-35-67-83-79(93(77-41-23-19-31-59(77)55-27-13-11-14-28-55)57-43-45-63-61-33-17-21-37-71(61)91(7,8)75(63)51-57)49-47-65-69-54-82-70(53-81(69)95(85(67)73)87(65)83)66-48-50-80(84-68-36-26-40-74(90(4,5)6)86(68)96(82)88(66)84)94(78-42-24-20-32-60(78)56-29-15-12-16-30-56)58-44-46-64-62-34-18-22-38-72(62)92(9,10)76(64)52-58/h11-54H,1-10H3. The minimum Gasteiger partial charge on any atom is -0.309 e. The molecule has 0 bridgehead atoms. The molecule has 19 rings (SSSR count). The number of hydrogen-bond donors (Lipinski definition) is 0. The van der Waals surface area contributed by atoms with Gasteiger partial charge in [0.25, 0.3) is 0 Å². The van der Waals surface area contributed by atoms with Crippen LogP contribution in [0.5, 0.6) is 0 Å². The number of benzene rings is 13. The molecule has 0 fully saturated rings. The van der Waals surface area contributed by atoms with Crippen molar-refractivity contribution < 1.29 is 0 Å². The second-order valence-electron chi connectivity index (χ2n) is 30.4. The summed E-state index contributed by atoms with van der Waals surface area (Å²) < 4.78 is 5.36. The van der Waals surface area contributed by atoms with E-state index in [9.17, 15) is 0 Å². The third-order valence-corrected chi connectivity index (χ3v) is 22.2. The van der Waals surface area contributed by atoms with Crippen molar-refractivity contribution in [2.45, 2.75) is 90.9 Å². The van der Waals surface area contributed by atoms with E-state index in [1.165, 1.54) is 154 Å². The van der Waals surface area contributed by atoms with Crippen LogP contribution in [0.4, 0.5) is 34.1 Å². The number of rotatable bonds is 8. The maximum absolute atomic E-state index is 2.68. The first kappa shape index (κ1) is 56.6. The number of para-hydroxylation sites is 4. The molecule has 4 heteroatoms. The molecule has 17 aromatic rings. The summed E-state index contributed by atoms with van der Waals surface area (Å²) in [5, 5.41) is 9.99. The van der Waals surface area contributed by atoms with Crippen LogP contribution in [-0.4, -0.2) is 8.80 Å². The summed E-state index contributed by atoms with van der Waals surface area (Å²) in [6, 6.07) is 102. The van der Waals surface area contributed by atoms with Crippen molar-refractivity contribution in [3.63, 3.8) is 0 Å². The molecular weight excluding hydrogens is 1160 g/mol. The van der Waals surface area contributed by atoms with Gasteiger partial charge in [0.1, 0.15) is 0 Å². The zero-order valence-corrected chi connectivity index (χ0v) is 56.2. The van der Waals surface area contributed by atoms with Gasteiger partial charge in [0.2, 0.25) is 0 Å². The van der Waals surface area contributed by atoms with Gasteiger partial charge < -0.3 is 18.6 Å². The Hall–Kier alpha value is -10.9. The van der Waals surface area contributed by atoms with Crippen molar-refractivity contribution in [2.75, 3.05) is 9.80 Å².